The summed E-state index contributed by atoms with van der Waals surface area (Å²) in [4.78, 5) is 0. The maximum Gasteiger partial charge on any atom is 0.126 e. The summed E-state index contributed by atoms with van der Waals surface area (Å²) >= 11 is 0. The highest BCUT2D eigenvalue weighted by Crippen LogP contribution is 2.26. The van der Waals surface area contributed by atoms with Crippen LogP contribution in [0.1, 0.15) is 47.0 Å². The first-order chi connectivity index (χ1) is 6.55. The molecule has 0 spiro atoms. The number of alkyl halides is 1. The van der Waals surface area contributed by atoms with Crippen LogP contribution in [0, 0.1) is 5.92 Å². The zero-order valence-electron chi connectivity index (χ0n) is 9.89. The second-order valence-corrected chi connectivity index (χ2v) is 4.06. The summed E-state index contributed by atoms with van der Waals surface area (Å²) in [6.07, 6.45) is 10.4. The smallest absolute Gasteiger partial charge is 0.126 e. The van der Waals surface area contributed by atoms with E-state index >= 15 is 0 Å². The van der Waals surface area contributed by atoms with Gasteiger partial charge in [-0.2, -0.15) is 0 Å². The molecule has 0 aromatic heterocycles. The maximum absolute atomic E-state index is 13.9. The molecule has 0 saturated carbocycles. The minimum Gasteiger partial charge on any atom is -0.240 e. The minimum atomic E-state index is -1.16. The van der Waals surface area contributed by atoms with E-state index in [9.17, 15) is 4.39 Å². The molecular formula is C13H23F. The molecule has 0 nitrogen and oxygen atoms in total. The molecule has 0 N–H and O–H groups in total. The van der Waals surface area contributed by atoms with E-state index in [1.807, 2.05) is 19.9 Å². The molecule has 0 bridgehead atoms. The van der Waals surface area contributed by atoms with Crippen molar-refractivity contribution in [1.82, 2.24) is 0 Å². The zero-order valence-corrected chi connectivity index (χ0v) is 9.89. The molecule has 14 heavy (non-hydrogen) atoms. The van der Waals surface area contributed by atoms with E-state index < -0.39 is 5.67 Å². The Hall–Kier alpha value is -0.590. The topological polar surface area (TPSA) is 0 Å². The first-order valence-corrected chi connectivity index (χ1v) is 5.51. The van der Waals surface area contributed by atoms with Crippen LogP contribution in [-0.4, -0.2) is 5.67 Å². The van der Waals surface area contributed by atoms with Gasteiger partial charge in [-0.3, -0.25) is 0 Å². The summed E-state index contributed by atoms with van der Waals surface area (Å²) in [6.45, 7) is 7.65. The van der Waals surface area contributed by atoms with E-state index in [1.54, 1.807) is 19.1 Å². The van der Waals surface area contributed by atoms with Crippen LogP contribution in [0.5, 0.6) is 0 Å². The third-order valence-electron chi connectivity index (χ3n) is 2.30. The van der Waals surface area contributed by atoms with Gasteiger partial charge in [0.1, 0.15) is 5.67 Å². The Kier molecular flexibility index (Phi) is 6.52. The fourth-order valence-electron chi connectivity index (χ4n) is 1.84. The van der Waals surface area contributed by atoms with Crippen molar-refractivity contribution >= 4 is 0 Å². The van der Waals surface area contributed by atoms with E-state index in [0.717, 1.165) is 12.8 Å². The van der Waals surface area contributed by atoms with Gasteiger partial charge >= 0.3 is 0 Å². The Balaban J connectivity index is 4.26. The average molecular weight is 198 g/mol. The van der Waals surface area contributed by atoms with Crippen LogP contribution in [0.3, 0.4) is 0 Å². The Morgan fingerprint density at radius 3 is 2.36 bits per heavy atom. The first kappa shape index (κ1) is 13.4. The molecule has 0 heterocycles. The van der Waals surface area contributed by atoms with Gasteiger partial charge in [-0.05, 0) is 39.5 Å². The van der Waals surface area contributed by atoms with Crippen molar-refractivity contribution in [3.63, 3.8) is 0 Å². The predicted octanol–water partition coefficient (Wildman–Crippen LogP) is 4.67. The highest BCUT2D eigenvalue weighted by molar-refractivity contribution is 5.01. The van der Waals surface area contributed by atoms with Crippen molar-refractivity contribution in [2.45, 2.75) is 52.6 Å². The van der Waals surface area contributed by atoms with Gasteiger partial charge in [0.2, 0.25) is 0 Å². The molecule has 0 aliphatic rings. The van der Waals surface area contributed by atoms with Crippen molar-refractivity contribution < 1.29 is 4.39 Å². The zero-order chi connectivity index (χ0) is 11.0. The number of allylic oxidation sites excluding steroid dienone is 4. The molecule has 0 aromatic carbocycles. The molecule has 0 saturated heterocycles. The van der Waals surface area contributed by atoms with E-state index in [0.29, 0.717) is 12.3 Å². The number of rotatable bonds is 6. The van der Waals surface area contributed by atoms with Gasteiger partial charge in [0.05, 0.1) is 0 Å². The second-order valence-electron chi connectivity index (χ2n) is 4.06. The van der Waals surface area contributed by atoms with E-state index in [2.05, 4.69) is 13.0 Å². The third kappa shape index (κ3) is 5.95. The maximum atomic E-state index is 13.9. The molecule has 0 rings (SSSR count). The van der Waals surface area contributed by atoms with Crippen molar-refractivity contribution in [2.24, 2.45) is 5.92 Å². The second kappa shape index (κ2) is 6.80. The monoisotopic (exact) mass is 198 g/mol. The average Bonchev–Trinajstić information content (AvgIpc) is 2.03. The summed E-state index contributed by atoms with van der Waals surface area (Å²) in [5.41, 5.74) is -1.16. The molecule has 0 fully saturated rings. The largest absolute Gasteiger partial charge is 0.240 e. The van der Waals surface area contributed by atoms with Crippen LogP contribution in [-0.2, 0) is 0 Å². The van der Waals surface area contributed by atoms with Gasteiger partial charge in [0.25, 0.3) is 0 Å². The summed E-state index contributed by atoms with van der Waals surface area (Å²) < 4.78 is 13.9. The number of hydrogen-bond donors (Lipinski definition) is 0. The minimum absolute atomic E-state index is 0.371. The van der Waals surface area contributed by atoms with E-state index in [4.69, 9.17) is 0 Å². The normalized spacial score (nSPS) is 18.9. The Bertz CT molecular complexity index is 189. The molecule has 0 radical (unpaired) electrons. The van der Waals surface area contributed by atoms with Crippen molar-refractivity contribution in [2.75, 3.05) is 0 Å². The van der Waals surface area contributed by atoms with Gasteiger partial charge in [-0.25, -0.2) is 4.39 Å². The predicted molar refractivity (Wildman–Crippen MR) is 62.2 cm³/mol. The molecule has 0 aliphatic carbocycles. The van der Waals surface area contributed by atoms with Gasteiger partial charge in [0, 0.05) is 0 Å². The molecule has 0 amide bonds. The molecule has 1 heteroatoms. The van der Waals surface area contributed by atoms with Gasteiger partial charge in [-0.15, -0.1) is 0 Å². The quantitative estimate of drug-likeness (QED) is 0.544. The summed E-state index contributed by atoms with van der Waals surface area (Å²) in [5, 5.41) is 0. The summed E-state index contributed by atoms with van der Waals surface area (Å²) in [7, 11) is 0. The highest BCUT2D eigenvalue weighted by atomic mass is 19.1. The Labute approximate surface area is 87.9 Å². The fourth-order valence-corrected chi connectivity index (χ4v) is 1.84. The summed E-state index contributed by atoms with van der Waals surface area (Å²) in [6, 6.07) is 0. The lowest BCUT2D eigenvalue weighted by molar-refractivity contribution is 0.212. The van der Waals surface area contributed by atoms with Crippen LogP contribution in [0.25, 0.3) is 0 Å². The molecule has 2 atom stereocenters. The van der Waals surface area contributed by atoms with Crippen LogP contribution in [0.2, 0.25) is 0 Å². The lowest BCUT2D eigenvalue weighted by Crippen LogP contribution is -2.18. The fraction of sp³-hybridized carbons (Fsp3) is 0.692. The van der Waals surface area contributed by atoms with E-state index in [-0.39, 0.29) is 0 Å². The lowest BCUT2D eigenvalue weighted by atomic mass is 9.89. The molecule has 82 valence electrons. The SMILES string of the molecule is C/C=C/C(CCC)CC(C)(F)/C=C/C. The number of halogens is 1. The molecule has 0 aromatic rings. The van der Waals surface area contributed by atoms with Gasteiger partial charge in [0.15, 0.2) is 0 Å². The molecule has 0 aliphatic heterocycles. The highest BCUT2D eigenvalue weighted by Gasteiger charge is 2.22. The summed E-state index contributed by atoms with van der Waals surface area (Å²) in [5.74, 6) is 0.371. The molecular weight excluding hydrogens is 175 g/mol. The van der Waals surface area contributed by atoms with Crippen molar-refractivity contribution in [3.8, 4) is 0 Å². The first-order valence-electron chi connectivity index (χ1n) is 5.51. The van der Waals surface area contributed by atoms with Crippen LogP contribution in [0.4, 0.5) is 4.39 Å². The standard InChI is InChI=1S/C13H23F/c1-5-8-12(9-6-2)11-13(4,14)10-7-3/h5,7-8,10,12H,6,9,11H2,1-4H3/b8-5+,10-7+. The molecule has 2 unspecified atom stereocenters. The van der Waals surface area contributed by atoms with Crippen LogP contribution >= 0.6 is 0 Å². The van der Waals surface area contributed by atoms with Crippen LogP contribution in [0.15, 0.2) is 24.3 Å². The Morgan fingerprint density at radius 2 is 1.93 bits per heavy atom. The lowest BCUT2D eigenvalue weighted by Gasteiger charge is -2.21. The van der Waals surface area contributed by atoms with Gasteiger partial charge in [-0.1, -0.05) is 37.6 Å². The third-order valence-corrected chi connectivity index (χ3v) is 2.30. The van der Waals surface area contributed by atoms with Crippen molar-refractivity contribution in [3.05, 3.63) is 24.3 Å². The van der Waals surface area contributed by atoms with E-state index in [1.165, 1.54) is 0 Å². The van der Waals surface area contributed by atoms with Crippen molar-refractivity contribution in [1.29, 1.82) is 0 Å². The number of hydrogen-bond acceptors (Lipinski definition) is 0. The van der Waals surface area contributed by atoms with Crippen LogP contribution < -0.4 is 0 Å². The Morgan fingerprint density at radius 1 is 1.29 bits per heavy atom. The van der Waals surface area contributed by atoms with Gasteiger partial charge < -0.3 is 0 Å².